The molecule has 1 aromatic rings. The number of hydrogen-bond acceptors (Lipinski definition) is 3. The number of benzene rings is 1. The van der Waals surface area contributed by atoms with Crippen LogP contribution in [0.3, 0.4) is 0 Å². The summed E-state index contributed by atoms with van der Waals surface area (Å²) in [5.41, 5.74) is 3.74. The van der Waals surface area contributed by atoms with Gasteiger partial charge in [-0.25, -0.2) is 5.48 Å². The molecule has 1 aromatic carbocycles. The summed E-state index contributed by atoms with van der Waals surface area (Å²) < 4.78 is 11.4. The minimum Gasteiger partial charge on any atom is -0.343 e. The lowest BCUT2D eigenvalue weighted by Gasteiger charge is -2.15. The van der Waals surface area contributed by atoms with E-state index in [9.17, 15) is 14.3 Å². The normalized spacial score (nSPS) is 12.5. The van der Waals surface area contributed by atoms with Crippen LogP contribution in [0.25, 0.3) is 0 Å². The summed E-state index contributed by atoms with van der Waals surface area (Å²) in [4.78, 5) is 25.4. The van der Waals surface area contributed by atoms with Gasteiger partial charge >= 0.3 is 0 Å². The first-order valence-electron chi connectivity index (χ1n) is 5.64. The third kappa shape index (κ3) is 3.67. The van der Waals surface area contributed by atoms with Crippen molar-refractivity contribution >= 4 is 19.2 Å². The molecule has 0 aliphatic heterocycles. The fraction of sp³-hybridized carbons (Fsp3) is 0.417. The first-order chi connectivity index (χ1) is 8.47. The molecule has 1 amide bonds. The van der Waals surface area contributed by atoms with Crippen molar-refractivity contribution in [2.75, 3.05) is 7.11 Å². The van der Waals surface area contributed by atoms with E-state index in [1.165, 1.54) is 7.11 Å². The second-order valence-corrected chi connectivity index (χ2v) is 5.39. The molecule has 0 bridgehead atoms. The van der Waals surface area contributed by atoms with Gasteiger partial charge < -0.3 is 4.89 Å². The van der Waals surface area contributed by atoms with E-state index >= 15 is 0 Å². The van der Waals surface area contributed by atoms with Crippen LogP contribution in [0.4, 0.5) is 0 Å². The predicted octanol–water partition coefficient (Wildman–Crippen LogP) is 1.12. The van der Waals surface area contributed by atoms with Crippen molar-refractivity contribution < 1.29 is 19.1 Å². The molecule has 0 aromatic heterocycles. The summed E-state index contributed by atoms with van der Waals surface area (Å²) in [5.74, 6) is -0.160. The Morgan fingerprint density at radius 1 is 1.50 bits per heavy atom. The second kappa shape index (κ2) is 6.69. The zero-order valence-electron chi connectivity index (χ0n) is 10.7. The van der Waals surface area contributed by atoms with Crippen LogP contribution in [0.15, 0.2) is 18.2 Å². The molecule has 0 heterocycles. The highest BCUT2D eigenvalue weighted by Crippen LogP contribution is 2.24. The molecule has 0 aliphatic rings. The Bertz CT molecular complexity index is 459. The first-order valence-corrected chi connectivity index (χ1v) is 6.99. The predicted molar refractivity (Wildman–Crippen MR) is 70.2 cm³/mol. The number of carbonyl (C=O) groups excluding carboxylic acids is 1. The van der Waals surface area contributed by atoms with Gasteiger partial charge in [0.15, 0.2) is 0 Å². The Kier molecular flexibility index (Phi) is 5.54. The number of carbonyl (C=O) groups is 1. The molecule has 1 rings (SSSR count). The van der Waals surface area contributed by atoms with Gasteiger partial charge in [-0.05, 0) is 23.1 Å². The molecule has 6 heteroatoms. The Morgan fingerprint density at radius 3 is 2.67 bits per heavy atom. The molecule has 2 N–H and O–H groups in total. The van der Waals surface area contributed by atoms with E-state index in [0.29, 0.717) is 10.9 Å². The van der Waals surface area contributed by atoms with E-state index in [0.717, 1.165) is 5.56 Å². The highest BCUT2D eigenvalue weighted by Gasteiger charge is 2.16. The van der Waals surface area contributed by atoms with Crippen molar-refractivity contribution in [1.82, 2.24) is 5.48 Å². The van der Waals surface area contributed by atoms with Gasteiger partial charge in [0.2, 0.25) is 13.9 Å². The molecule has 0 radical (unpaired) electrons. The molecular weight excluding hydrogens is 253 g/mol. The van der Waals surface area contributed by atoms with Crippen LogP contribution in [0, 0.1) is 0 Å². The van der Waals surface area contributed by atoms with Crippen molar-refractivity contribution in [3.8, 4) is 0 Å². The summed E-state index contributed by atoms with van der Waals surface area (Å²) in [6, 6.07) is 5.19. The lowest BCUT2D eigenvalue weighted by molar-refractivity contribution is -0.130. The van der Waals surface area contributed by atoms with E-state index in [2.05, 4.69) is 10.3 Å². The lowest BCUT2D eigenvalue weighted by Crippen LogP contribution is -2.26. The third-order valence-corrected chi connectivity index (χ3v) is 3.55. The van der Waals surface area contributed by atoms with Gasteiger partial charge in [0, 0.05) is 5.30 Å². The van der Waals surface area contributed by atoms with E-state index in [1.54, 1.807) is 12.1 Å². The Morgan fingerprint density at radius 2 is 2.17 bits per heavy atom. The summed E-state index contributed by atoms with van der Waals surface area (Å²) >= 11 is 0. The molecule has 0 saturated carbocycles. The SMILES string of the molecule is CONC(=O)Cc1c(C(C)C)cccc1[PH](=O)O. The zero-order chi connectivity index (χ0) is 13.7. The molecule has 0 aliphatic carbocycles. The molecular formula is C12H18NO4P. The van der Waals surface area contributed by atoms with Crippen LogP contribution < -0.4 is 10.8 Å². The average Bonchev–Trinajstić information content (AvgIpc) is 2.28. The van der Waals surface area contributed by atoms with Crippen molar-refractivity contribution in [2.24, 2.45) is 0 Å². The molecule has 0 fully saturated rings. The number of nitrogens with one attached hydrogen (secondary N) is 1. The van der Waals surface area contributed by atoms with Crippen molar-refractivity contribution in [2.45, 2.75) is 26.2 Å². The summed E-state index contributed by atoms with van der Waals surface area (Å²) in [7, 11) is -1.48. The Labute approximate surface area is 107 Å². The zero-order valence-corrected chi connectivity index (χ0v) is 11.7. The quantitative estimate of drug-likeness (QED) is 0.621. The largest absolute Gasteiger partial charge is 0.343 e. The van der Waals surface area contributed by atoms with Gasteiger partial charge in [0.1, 0.15) is 0 Å². The van der Waals surface area contributed by atoms with Gasteiger partial charge in [-0.15, -0.1) is 0 Å². The number of rotatable bonds is 5. The fourth-order valence-corrected chi connectivity index (χ4v) is 2.58. The number of amides is 1. The van der Waals surface area contributed by atoms with Gasteiger partial charge in [0.25, 0.3) is 0 Å². The van der Waals surface area contributed by atoms with E-state index in [-0.39, 0.29) is 18.2 Å². The van der Waals surface area contributed by atoms with Crippen LogP contribution in [-0.2, 0) is 20.6 Å². The monoisotopic (exact) mass is 271 g/mol. The van der Waals surface area contributed by atoms with Crippen LogP contribution in [0.5, 0.6) is 0 Å². The Balaban J connectivity index is 3.18. The number of hydroxylamine groups is 1. The van der Waals surface area contributed by atoms with Crippen LogP contribution >= 0.6 is 8.03 Å². The summed E-state index contributed by atoms with van der Waals surface area (Å²) in [6.45, 7) is 3.96. The van der Waals surface area contributed by atoms with E-state index in [4.69, 9.17) is 0 Å². The first kappa shape index (κ1) is 14.9. The second-order valence-electron chi connectivity index (χ2n) is 4.24. The smallest absolute Gasteiger partial charge is 0.247 e. The van der Waals surface area contributed by atoms with Crippen molar-refractivity contribution in [3.05, 3.63) is 29.3 Å². The summed E-state index contributed by atoms with van der Waals surface area (Å²) in [5, 5.41) is 0.345. The lowest BCUT2D eigenvalue weighted by atomic mass is 9.95. The van der Waals surface area contributed by atoms with E-state index in [1.807, 2.05) is 19.9 Å². The van der Waals surface area contributed by atoms with Crippen molar-refractivity contribution in [1.29, 1.82) is 0 Å². The van der Waals surface area contributed by atoms with Gasteiger partial charge in [-0.2, -0.15) is 0 Å². The third-order valence-electron chi connectivity index (χ3n) is 2.62. The number of hydrogen-bond donors (Lipinski definition) is 2. The fourth-order valence-electron chi connectivity index (χ4n) is 1.85. The topological polar surface area (TPSA) is 75.6 Å². The molecule has 0 spiro atoms. The molecule has 5 nitrogen and oxygen atoms in total. The van der Waals surface area contributed by atoms with Crippen LogP contribution in [-0.4, -0.2) is 17.9 Å². The highest BCUT2D eigenvalue weighted by molar-refractivity contribution is 7.47. The van der Waals surface area contributed by atoms with Crippen LogP contribution in [0.2, 0.25) is 0 Å². The van der Waals surface area contributed by atoms with Gasteiger partial charge in [-0.1, -0.05) is 26.0 Å². The standard InChI is InChI=1S/C12H18NO4P/c1-8(2)9-5-4-6-11(18(15)16)10(9)7-12(14)13-17-3/h4-6,8,18H,7H2,1-3H3,(H,13,14)(H,15,16). The maximum absolute atomic E-state index is 11.6. The summed E-state index contributed by atoms with van der Waals surface area (Å²) in [6.07, 6.45) is 0.0362. The minimum atomic E-state index is -2.83. The Hall–Kier alpha value is -1.16. The van der Waals surface area contributed by atoms with Crippen molar-refractivity contribution in [3.63, 3.8) is 0 Å². The minimum absolute atomic E-state index is 0.0362. The van der Waals surface area contributed by atoms with Gasteiger partial charge in [0.05, 0.1) is 13.5 Å². The maximum atomic E-state index is 11.6. The highest BCUT2D eigenvalue weighted by atomic mass is 31.1. The maximum Gasteiger partial charge on any atom is 0.247 e. The molecule has 18 heavy (non-hydrogen) atoms. The average molecular weight is 271 g/mol. The molecule has 1 unspecified atom stereocenters. The van der Waals surface area contributed by atoms with E-state index < -0.39 is 8.03 Å². The molecule has 1 atom stereocenters. The molecule has 100 valence electrons. The van der Waals surface area contributed by atoms with Gasteiger partial charge in [-0.3, -0.25) is 14.2 Å². The van der Waals surface area contributed by atoms with Crippen LogP contribution in [0.1, 0.15) is 30.9 Å². The molecule has 0 saturated heterocycles.